The molecule has 4 aromatic rings. The highest BCUT2D eigenvalue weighted by atomic mass is 35.5. The van der Waals surface area contributed by atoms with Crippen LogP contribution in [0.25, 0.3) is 11.2 Å². The lowest BCUT2D eigenvalue weighted by atomic mass is 10.3. The van der Waals surface area contributed by atoms with Crippen LogP contribution in [-0.2, 0) is 0 Å². The lowest BCUT2D eigenvalue weighted by molar-refractivity contribution is 1.19. The van der Waals surface area contributed by atoms with Crippen molar-refractivity contribution in [2.75, 3.05) is 10.6 Å². The molecule has 2 heterocycles. The van der Waals surface area contributed by atoms with Crippen molar-refractivity contribution >= 4 is 45.9 Å². The van der Waals surface area contributed by atoms with Gasteiger partial charge in [-0.15, -0.1) is 0 Å². The van der Waals surface area contributed by atoms with Gasteiger partial charge in [0.05, 0.1) is 17.0 Å². The SMILES string of the molecule is Clc1ccccc1Nc1nc(Nc2ccccc2)c2[nH]cnc2n1. The van der Waals surface area contributed by atoms with E-state index in [0.717, 1.165) is 16.9 Å². The second kappa shape index (κ2) is 6.17. The zero-order valence-electron chi connectivity index (χ0n) is 12.5. The Hall–Kier alpha value is -3.12. The van der Waals surface area contributed by atoms with Crippen molar-refractivity contribution in [2.45, 2.75) is 0 Å². The standard InChI is InChI=1S/C17H13ClN6/c18-12-8-4-5-9-13(12)22-17-23-15-14(19-10-20-15)16(24-17)21-11-6-2-1-3-7-11/h1-10H,(H3,19,20,21,22,23,24). The number of nitrogens with one attached hydrogen (secondary N) is 3. The average molecular weight is 337 g/mol. The Kier molecular flexibility index (Phi) is 3.72. The summed E-state index contributed by atoms with van der Waals surface area (Å²) in [5.74, 6) is 1.05. The summed E-state index contributed by atoms with van der Waals surface area (Å²) < 4.78 is 0. The van der Waals surface area contributed by atoms with Gasteiger partial charge in [0, 0.05) is 5.69 Å². The summed E-state index contributed by atoms with van der Waals surface area (Å²) in [6, 6.07) is 17.2. The Morgan fingerprint density at radius 2 is 1.67 bits per heavy atom. The highest BCUT2D eigenvalue weighted by molar-refractivity contribution is 6.33. The second-order valence-corrected chi connectivity index (χ2v) is 5.50. The predicted molar refractivity (Wildman–Crippen MR) is 96.1 cm³/mol. The molecule has 0 bridgehead atoms. The fourth-order valence-electron chi connectivity index (χ4n) is 2.32. The molecule has 0 radical (unpaired) electrons. The third kappa shape index (κ3) is 2.87. The van der Waals surface area contributed by atoms with E-state index < -0.39 is 0 Å². The summed E-state index contributed by atoms with van der Waals surface area (Å²) in [7, 11) is 0. The Balaban J connectivity index is 1.73. The van der Waals surface area contributed by atoms with Gasteiger partial charge >= 0.3 is 0 Å². The summed E-state index contributed by atoms with van der Waals surface area (Å²) in [6.45, 7) is 0. The first-order valence-electron chi connectivity index (χ1n) is 7.34. The average Bonchev–Trinajstić information content (AvgIpc) is 3.07. The molecule has 24 heavy (non-hydrogen) atoms. The molecule has 0 saturated heterocycles. The monoisotopic (exact) mass is 336 g/mol. The normalized spacial score (nSPS) is 10.7. The number of halogens is 1. The number of imidazole rings is 1. The number of anilines is 4. The number of rotatable bonds is 4. The van der Waals surface area contributed by atoms with E-state index in [1.54, 1.807) is 12.4 Å². The molecule has 0 fully saturated rings. The fourth-order valence-corrected chi connectivity index (χ4v) is 2.50. The van der Waals surface area contributed by atoms with E-state index in [-0.39, 0.29) is 0 Å². The van der Waals surface area contributed by atoms with E-state index in [1.165, 1.54) is 0 Å². The van der Waals surface area contributed by atoms with Gasteiger partial charge in [-0.05, 0) is 24.3 Å². The molecular formula is C17H13ClN6. The van der Waals surface area contributed by atoms with E-state index in [1.807, 2.05) is 48.5 Å². The maximum Gasteiger partial charge on any atom is 0.231 e. The molecule has 0 aliphatic rings. The maximum atomic E-state index is 6.19. The number of nitrogens with zero attached hydrogens (tertiary/aromatic N) is 3. The van der Waals surface area contributed by atoms with Crippen LogP contribution in [0, 0.1) is 0 Å². The maximum absolute atomic E-state index is 6.19. The smallest absolute Gasteiger partial charge is 0.231 e. The summed E-state index contributed by atoms with van der Waals surface area (Å²) in [5, 5.41) is 7.01. The van der Waals surface area contributed by atoms with E-state index in [2.05, 4.69) is 30.6 Å². The highest BCUT2D eigenvalue weighted by Crippen LogP contribution is 2.27. The van der Waals surface area contributed by atoms with Crippen molar-refractivity contribution < 1.29 is 0 Å². The molecule has 3 N–H and O–H groups in total. The van der Waals surface area contributed by atoms with Gasteiger partial charge in [0.1, 0.15) is 5.52 Å². The van der Waals surface area contributed by atoms with E-state index in [9.17, 15) is 0 Å². The first-order chi connectivity index (χ1) is 11.8. The molecule has 0 atom stereocenters. The molecule has 0 aliphatic carbocycles. The number of fused-ring (bicyclic) bond motifs is 1. The molecule has 2 aromatic heterocycles. The zero-order valence-corrected chi connectivity index (χ0v) is 13.2. The topological polar surface area (TPSA) is 78.5 Å². The van der Waals surface area contributed by atoms with Crippen LogP contribution < -0.4 is 10.6 Å². The molecule has 7 heteroatoms. The largest absolute Gasteiger partial charge is 0.340 e. The highest BCUT2D eigenvalue weighted by Gasteiger charge is 2.11. The van der Waals surface area contributed by atoms with Gasteiger partial charge in [-0.25, -0.2) is 4.98 Å². The van der Waals surface area contributed by atoms with E-state index >= 15 is 0 Å². The molecule has 0 spiro atoms. The Bertz CT molecular complexity index is 983. The third-order valence-electron chi connectivity index (χ3n) is 3.44. The lowest BCUT2D eigenvalue weighted by Crippen LogP contribution is -2.02. The van der Waals surface area contributed by atoms with Gasteiger partial charge in [0.2, 0.25) is 5.95 Å². The predicted octanol–water partition coefficient (Wildman–Crippen LogP) is 4.49. The van der Waals surface area contributed by atoms with Crippen LogP contribution in [0.2, 0.25) is 5.02 Å². The van der Waals surface area contributed by atoms with Crippen molar-refractivity contribution in [1.29, 1.82) is 0 Å². The molecule has 0 saturated carbocycles. The van der Waals surface area contributed by atoms with Gasteiger partial charge < -0.3 is 15.6 Å². The van der Waals surface area contributed by atoms with E-state index in [0.29, 0.717) is 22.4 Å². The number of hydrogen-bond acceptors (Lipinski definition) is 5. The molecule has 0 unspecified atom stereocenters. The molecule has 0 aliphatic heterocycles. The Labute approximate surface area is 142 Å². The number of para-hydroxylation sites is 2. The number of hydrogen-bond donors (Lipinski definition) is 3. The van der Waals surface area contributed by atoms with Crippen molar-refractivity contribution in [3.63, 3.8) is 0 Å². The van der Waals surface area contributed by atoms with Crippen LogP contribution >= 0.6 is 11.6 Å². The Morgan fingerprint density at radius 3 is 2.50 bits per heavy atom. The second-order valence-electron chi connectivity index (χ2n) is 5.09. The lowest BCUT2D eigenvalue weighted by Gasteiger charge is -2.10. The molecular weight excluding hydrogens is 324 g/mol. The molecule has 118 valence electrons. The minimum absolute atomic E-state index is 0.418. The minimum Gasteiger partial charge on any atom is -0.340 e. The van der Waals surface area contributed by atoms with Crippen LogP contribution in [0.4, 0.5) is 23.1 Å². The van der Waals surface area contributed by atoms with Gasteiger partial charge in [-0.2, -0.15) is 9.97 Å². The zero-order chi connectivity index (χ0) is 16.4. The van der Waals surface area contributed by atoms with Gasteiger partial charge in [-0.1, -0.05) is 41.9 Å². The van der Waals surface area contributed by atoms with Crippen LogP contribution in [0.15, 0.2) is 60.9 Å². The summed E-state index contributed by atoms with van der Waals surface area (Å²) in [5.41, 5.74) is 2.97. The third-order valence-corrected chi connectivity index (χ3v) is 3.77. The summed E-state index contributed by atoms with van der Waals surface area (Å²) in [4.78, 5) is 16.2. The molecule has 4 rings (SSSR count). The van der Waals surface area contributed by atoms with Gasteiger partial charge in [0.25, 0.3) is 0 Å². The van der Waals surface area contributed by atoms with Gasteiger partial charge in [0.15, 0.2) is 11.5 Å². The summed E-state index contributed by atoms with van der Waals surface area (Å²) >= 11 is 6.19. The molecule has 2 aromatic carbocycles. The molecule has 0 amide bonds. The Morgan fingerprint density at radius 1 is 0.875 bits per heavy atom. The number of aromatic amines is 1. The number of aromatic nitrogens is 4. The van der Waals surface area contributed by atoms with E-state index in [4.69, 9.17) is 11.6 Å². The fraction of sp³-hybridized carbons (Fsp3) is 0. The quantitative estimate of drug-likeness (QED) is 0.511. The molecule has 6 nitrogen and oxygen atoms in total. The van der Waals surface area contributed by atoms with Crippen LogP contribution in [0.1, 0.15) is 0 Å². The summed E-state index contributed by atoms with van der Waals surface area (Å²) in [6.07, 6.45) is 1.59. The number of benzene rings is 2. The first kappa shape index (κ1) is 14.5. The van der Waals surface area contributed by atoms with Gasteiger partial charge in [-0.3, -0.25) is 0 Å². The van der Waals surface area contributed by atoms with Crippen LogP contribution in [-0.4, -0.2) is 19.9 Å². The minimum atomic E-state index is 0.418. The van der Waals surface area contributed by atoms with Crippen LogP contribution in [0.3, 0.4) is 0 Å². The van der Waals surface area contributed by atoms with Crippen molar-refractivity contribution in [3.8, 4) is 0 Å². The first-order valence-corrected chi connectivity index (χ1v) is 7.72. The van der Waals surface area contributed by atoms with Crippen LogP contribution in [0.5, 0.6) is 0 Å². The van der Waals surface area contributed by atoms with Crippen molar-refractivity contribution in [1.82, 2.24) is 19.9 Å². The van der Waals surface area contributed by atoms with Crippen molar-refractivity contribution in [2.24, 2.45) is 0 Å². The number of H-pyrrole nitrogens is 1. The van der Waals surface area contributed by atoms with Crippen molar-refractivity contribution in [3.05, 3.63) is 65.9 Å².